The minimum absolute atomic E-state index is 0.00477. The quantitative estimate of drug-likeness (QED) is 0.621. The third kappa shape index (κ3) is 2.85. The first-order valence-corrected chi connectivity index (χ1v) is 4.80. The van der Waals surface area contributed by atoms with E-state index in [0.717, 1.165) is 19.3 Å². The third-order valence-electron chi connectivity index (χ3n) is 2.81. The van der Waals surface area contributed by atoms with E-state index in [0.29, 0.717) is 0 Å². The lowest BCUT2D eigenvalue weighted by atomic mass is 9.83. The Labute approximate surface area is 83.1 Å². The largest absolute Gasteiger partial charge is 0.465 e. The number of nitrogens with one attached hydrogen (secondary N) is 1. The van der Waals surface area contributed by atoms with Crippen molar-refractivity contribution in [2.24, 2.45) is 5.92 Å². The van der Waals surface area contributed by atoms with Gasteiger partial charge < -0.3 is 20.3 Å². The maximum absolute atomic E-state index is 10.5. The molecule has 0 bridgehead atoms. The molecule has 0 aromatic carbocycles. The second kappa shape index (κ2) is 5.17. The smallest absolute Gasteiger partial charge is 0.404 e. The Morgan fingerprint density at radius 2 is 2.29 bits per heavy atom. The topological polar surface area (TPSA) is 78.8 Å². The number of carbonyl (C=O) groups is 1. The van der Waals surface area contributed by atoms with Crippen molar-refractivity contribution in [2.75, 3.05) is 13.7 Å². The van der Waals surface area contributed by atoms with E-state index in [1.54, 1.807) is 7.11 Å². The molecule has 1 aliphatic rings. The standard InChI is InChI=1S/C9H17NO4/c1-14-7-2-3-8(10-9(12)13)6(4-7)5-11/h6-8,10-11H,2-5H2,1H3,(H,12,13)/t6-,7+,8-/m0/s1. The van der Waals surface area contributed by atoms with Crippen molar-refractivity contribution < 1.29 is 19.7 Å². The second-order valence-corrected chi connectivity index (χ2v) is 3.67. The van der Waals surface area contributed by atoms with Crippen molar-refractivity contribution in [1.82, 2.24) is 5.32 Å². The van der Waals surface area contributed by atoms with E-state index >= 15 is 0 Å². The zero-order valence-electron chi connectivity index (χ0n) is 8.27. The first kappa shape index (κ1) is 11.3. The first-order valence-electron chi connectivity index (χ1n) is 4.80. The number of methoxy groups -OCH3 is 1. The molecular formula is C9H17NO4. The Kier molecular flexibility index (Phi) is 4.16. The van der Waals surface area contributed by atoms with E-state index in [1.165, 1.54) is 0 Å². The second-order valence-electron chi connectivity index (χ2n) is 3.67. The van der Waals surface area contributed by atoms with Gasteiger partial charge in [-0.05, 0) is 19.3 Å². The van der Waals surface area contributed by atoms with Gasteiger partial charge in [0.25, 0.3) is 0 Å². The summed E-state index contributed by atoms with van der Waals surface area (Å²) in [5.74, 6) is -0.0233. The monoisotopic (exact) mass is 203 g/mol. The molecule has 3 atom stereocenters. The molecule has 0 aromatic rings. The van der Waals surface area contributed by atoms with Crippen LogP contribution in [0.1, 0.15) is 19.3 Å². The van der Waals surface area contributed by atoms with Crippen molar-refractivity contribution in [3.05, 3.63) is 0 Å². The number of amides is 1. The summed E-state index contributed by atoms with van der Waals surface area (Å²) < 4.78 is 5.19. The molecule has 82 valence electrons. The van der Waals surface area contributed by atoms with Crippen molar-refractivity contribution in [2.45, 2.75) is 31.4 Å². The van der Waals surface area contributed by atoms with E-state index in [-0.39, 0.29) is 24.7 Å². The van der Waals surface area contributed by atoms with Gasteiger partial charge in [-0.15, -0.1) is 0 Å². The van der Waals surface area contributed by atoms with Gasteiger partial charge in [-0.2, -0.15) is 0 Å². The average molecular weight is 203 g/mol. The predicted octanol–water partition coefficient (Wildman–Crippen LogP) is 0.430. The molecule has 3 N–H and O–H groups in total. The van der Waals surface area contributed by atoms with E-state index in [4.69, 9.17) is 14.9 Å². The Balaban J connectivity index is 2.47. The Morgan fingerprint density at radius 3 is 2.79 bits per heavy atom. The lowest BCUT2D eigenvalue weighted by molar-refractivity contribution is 0.0220. The van der Waals surface area contributed by atoms with Crippen LogP contribution in [0, 0.1) is 5.92 Å². The molecule has 5 nitrogen and oxygen atoms in total. The first-order chi connectivity index (χ1) is 6.67. The minimum atomic E-state index is -1.02. The zero-order chi connectivity index (χ0) is 10.6. The van der Waals surface area contributed by atoms with Gasteiger partial charge in [0.1, 0.15) is 0 Å². The number of hydrogen-bond donors (Lipinski definition) is 3. The van der Waals surface area contributed by atoms with Crippen molar-refractivity contribution in [1.29, 1.82) is 0 Å². The van der Waals surface area contributed by atoms with Crippen LogP contribution in [-0.2, 0) is 4.74 Å². The fourth-order valence-corrected chi connectivity index (χ4v) is 1.99. The molecule has 1 saturated carbocycles. The molecule has 0 spiro atoms. The summed E-state index contributed by atoms with van der Waals surface area (Å²) in [4.78, 5) is 10.5. The molecule has 0 radical (unpaired) electrons. The van der Waals surface area contributed by atoms with E-state index < -0.39 is 6.09 Å². The summed E-state index contributed by atoms with van der Waals surface area (Å²) in [6, 6.07) is -0.135. The van der Waals surface area contributed by atoms with Gasteiger partial charge in [0.2, 0.25) is 0 Å². The highest BCUT2D eigenvalue weighted by Crippen LogP contribution is 2.26. The molecule has 0 aromatic heterocycles. The van der Waals surface area contributed by atoms with Crippen LogP contribution >= 0.6 is 0 Å². The Bertz CT molecular complexity index is 197. The highest BCUT2D eigenvalue weighted by Gasteiger charge is 2.30. The van der Waals surface area contributed by atoms with Crippen LogP contribution in [0.5, 0.6) is 0 Å². The van der Waals surface area contributed by atoms with Gasteiger partial charge in [0, 0.05) is 25.7 Å². The maximum Gasteiger partial charge on any atom is 0.404 e. The van der Waals surface area contributed by atoms with E-state index in [9.17, 15) is 4.79 Å². The van der Waals surface area contributed by atoms with Crippen molar-refractivity contribution in [3.63, 3.8) is 0 Å². The van der Waals surface area contributed by atoms with Gasteiger partial charge >= 0.3 is 6.09 Å². The average Bonchev–Trinajstić information content (AvgIpc) is 2.17. The van der Waals surface area contributed by atoms with Crippen molar-refractivity contribution >= 4 is 6.09 Å². The number of rotatable bonds is 3. The van der Waals surface area contributed by atoms with Gasteiger partial charge in [-0.3, -0.25) is 0 Å². The fourth-order valence-electron chi connectivity index (χ4n) is 1.99. The normalized spacial score (nSPS) is 32.6. The van der Waals surface area contributed by atoms with Gasteiger partial charge in [0.05, 0.1) is 6.10 Å². The summed E-state index contributed by atoms with van der Waals surface area (Å²) in [5, 5.41) is 20.1. The lowest BCUT2D eigenvalue weighted by Crippen LogP contribution is -2.45. The van der Waals surface area contributed by atoms with Gasteiger partial charge in [-0.1, -0.05) is 0 Å². The fraction of sp³-hybridized carbons (Fsp3) is 0.889. The van der Waals surface area contributed by atoms with Crippen LogP contribution in [0.2, 0.25) is 0 Å². The molecule has 0 aliphatic heterocycles. The lowest BCUT2D eigenvalue weighted by Gasteiger charge is -2.34. The van der Waals surface area contributed by atoms with Crippen LogP contribution in [0.3, 0.4) is 0 Å². The highest BCUT2D eigenvalue weighted by atomic mass is 16.5. The van der Waals surface area contributed by atoms with Crippen LogP contribution in [0.15, 0.2) is 0 Å². The van der Waals surface area contributed by atoms with Crippen LogP contribution < -0.4 is 5.32 Å². The highest BCUT2D eigenvalue weighted by molar-refractivity contribution is 5.64. The summed E-state index contributed by atoms with van der Waals surface area (Å²) in [6.07, 6.45) is 1.43. The Morgan fingerprint density at radius 1 is 1.57 bits per heavy atom. The SMILES string of the molecule is CO[C@@H]1CC[C@H](NC(=O)O)[C@H](CO)C1. The van der Waals surface area contributed by atoms with Crippen molar-refractivity contribution in [3.8, 4) is 0 Å². The molecule has 1 fully saturated rings. The molecule has 5 heteroatoms. The number of ether oxygens (including phenoxy) is 1. The number of carboxylic acid groups (broad SMARTS) is 1. The molecule has 0 saturated heterocycles. The molecular weight excluding hydrogens is 186 g/mol. The summed E-state index contributed by atoms with van der Waals surface area (Å²) in [5.41, 5.74) is 0. The third-order valence-corrected chi connectivity index (χ3v) is 2.81. The summed E-state index contributed by atoms with van der Waals surface area (Å²) >= 11 is 0. The molecule has 1 aliphatic carbocycles. The molecule has 1 rings (SSSR count). The number of aliphatic hydroxyl groups is 1. The predicted molar refractivity (Wildman–Crippen MR) is 50.2 cm³/mol. The van der Waals surface area contributed by atoms with Gasteiger partial charge in [0.15, 0.2) is 0 Å². The van der Waals surface area contributed by atoms with E-state index in [2.05, 4.69) is 5.32 Å². The van der Waals surface area contributed by atoms with Gasteiger partial charge in [-0.25, -0.2) is 4.79 Å². The Hall–Kier alpha value is -0.810. The maximum atomic E-state index is 10.5. The minimum Gasteiger partial charge on any atom is -0.465 e. The number of aliphatic hydroxyl groups excluding tert-OH is 1. The van der Waals surface area contributed by atoms with Crippen LogP contribution in [0.4, 0.5) is 4.79 Å². The molecule has 0 unspecified atom stereocenters. The molecule has 0 heterocycles. The zero-order valence-corrected chi connectivity index (χ0v) is 8.27. The van der Waals surface area contributed by atoms with Crippen LogP contribution in [0.25, 0.3) is 0 Å². The van der Waals surface area contributed by atoms with E-state index in [1.807, 2.05) is 0 Å². The molecule has 1 amide bonds. The van der Waals surface area contributed by atoms with Crippen LogP contribution in [-0.4, -0.2) is 42.2 Å². The summed E-state index contributed by atoms with van der Waals surface area (Å²) in [6.45, 7) is 0.00477. The number of hydrogen-bond acceptors (Lipinski definition) is 3. The summed E-state index contributed by atoms with van der Waals surface area (Å²) in [7, 11) is 1.64. The molecule has 14 heavy (non-hydrogen) atoms.